The number of para-hydroxylation sites is 1. The zero-order valence-electron chi connectivity index (χ0n) is 22.3. The Morgan fingerprint density at radius 3 is 2.20 bits per heavy atom. The molecule has 1 aliphatic heterocycles. The molecule has 3 amide bonds. The zero-order valence-corrected chi connectivity index (χ0v) is 23.1. The van der Waals surface area contributed by atoms with Crippen LogP contribution in [0.5, 0.6) is 0 Å². The van der Waals surface area contributed by atoms with Crippen molar-refractivity contribution in [2.24, 2.45) is 0 Å². The van der Waals surface area contributed by atoms with Crippen molar-refractivity contribution < 1.29 is 14.4 Å². The average molecular weight is 548 g/mol. The molecule has 0 atom stereocenters. The van der Waals surface area contributed by atoms with Crippen molar-refractivity contribution in [2.45, 2.75) is 31.6 Å². The summed E-state index contributed by atoms with van der Waals surface area (Å²) in [4.78, 5) is 42.0. The lowest BCUT2D eigenvalue weighted by molar-refractivity contribution is -0.120. The van der Waals surface area contributed by atoms with Crippen LogP contribution in [0.1, 0.15) is 23.1 Å². The highest BCUT2D eigenvalue weighted by Gasteiger charge is 2.40. The predicted molar refractivity (Wildman–Crippen MR) is 161 cm³/mol. The summed E-state index contributed by atoms with van der Waals surface area (Å²) in [5.74, 6) is -0.906. The topological polar surface area (TPSA) is 78.5 Å². The molecular formula is C33H29N3O3S. The van der Waals surface area contributed by atoms with Gasteiger partial charge in [-0.25, -0.2) is 4.90 Å². The van der Waals surface area contributed by atoms with Crippen LogP contribution >= 0.6 is 11.8 Å². The van der Waals surface area contributed by atoms with Crippen molar-refractivity contribution in [3.8, 4) is 0 Å². The number of rotatable bonds is 9. The van der Waals surface area contributed by atoms with E-state index in [4.69, 9.17) is 0 Å². The minimum Gasteiger partial charge on any atom is -0.350 e. The van der Waals surface area contributed by atoms with Crippen LogP contribution < -0.4 is 15.5 Å². The van der Waals surface area contributed by atoms with Gasteiger partial charge >= 0.3 is 0 Å². The van der Waals surface area contributed by atoms with E-state index in [-0.39, 0.29) is 11.6 Å². The fourth-order valence-corrected chi connectivity index (χ4v) is 5.36. The van der Waals surface area contributed by atoms with E-state index in [0.717, 1.165) is 27.3 Å². The largest absolute Gasteiger partial charge is 0.350 e. The van der Waals surface area contributed by atoms with Gasteiger partial charge in [0.1, 0.15) is 10.6 Å². The van der Waals surface area contributed by atoms with Crippen LogP contribution in [-0.4, -0.2) is 17.7 Å². The number of hydrogen-bond donors (Lipinski definition) is 2. The van der Waals surface area contributed by atoms with Gasteiger partial charge in [-0.3, -0.25) is 14.4 Å². The van der Waals surface area contributed by atoms with Gasteiger partial charge in [0.25, 0.3) is 11.8 Å². The summed E-state index contributed by atoms with van der Waals surface area (Å²) in [5.41, 5.74) is 5.40. The Morgan fingerprint density at radius 2 is 1.48 bits per heavy atom. The predicted octanol–water partition coefficient (Wildman–Crippen LogP) is 6.86. The molecule has 200 valence electrons. The molecule has 0 saturated heterocycles. The number of carbonyl (C=O) groups is 3. The molecule has 6 nitrogen and oxygen atoms in total. The number of nitrogens with one attached hydrogen (secondary N) is 2. The van der Waals surface area contributed by atoms with E-state index in [1.807, 2.05) is 92.7 Å². The second-order valence-electron chi connectivity index (χ2n) is 9.57. The number of anilines is 3. The van der Waals surface area contributed by atoms with Gasteiger partial charge < -0.3 is 10.6 Å². The SMILES string of the molecule is Cc1ccc(NC2=C(Sc3cccc(NC(=O)CCc4ccccc4)c3)C(=O)N(c3ccccc3)C2=O)cc1C. The highest BCUT2D eigenvalue weighted by molar-refractivity contribution is 8.04. The Kier molecular flexibility index (Phi) is 8.12. The first-order valence-corrected chi connectivity index (χ1v) is 13.8. The highest BCUT2D eigenvalue weighted by Crippen LogP contribution is 2.38. The molecule has 2 N–H and O–H groups in total. The van der Waals surface area contributed by atoms with Gasteiger partial charge in [-0.15, -0.1) is 0 Å². The lowest BCUT2D eigenvalue weighted by Gasteiger charge is -2.15. The number of thioether (sulfide) groups is 1. The second kappa shape index (κ2) is 12.1. The molecular weight excluding hydrogens is 518 g/mol. The molecule has 0 aliphatic carbocycles. The maximum Gasteiger partial charge on any atom is 0.283 e. The molecule has 4 aromatic carbocycles. The maximum atomic E-state index is 13.6. The third-order valence-corrected chi connectivity index (χ3v) is 7.73. The van der Waals surface area contributed by atoms with E-state index < -0.39 is 11.8 Å². The van der Waals surface area contributed by atoms with Gasteiger partial charge in [0.2, 0.25) is 5.91 Å². The molecule has 1 aliphatic rings. The number of hydrogen-bond acceptors (Lipinski definition) is 5. The van der Waals surface area contributed by atoms with Crippen LogP contribution in [0, 0.1) is 13.8 Å². The van der Waals surface area contributed by atoms with Crippen molar-refractivity contribution in [1.29, 1.82) is 0 Å². The molecule has 0 spiro atoms. The van der Waals surface area contributed by atoms with Crippen molar-refractivity contribution in [3.63, 3.8) is 0 Å². The normalized spacial score (nSPS) is 13.1. The summed E-state index contributed by atoms with van der Waals surface area (Å²) in [6.07, 6.45) is 1.00. The Bertz CT molecular complexity index is 1600. The first-order chi connectivity index (χ1) is 19.4. The summed E-state index contributed by atoms with van der Waals surface area (Å²) in [5, 5.41) is 6.16. The first kappa shape index (κ1) is 27.0. The van der Waals surface area contributed by atoms with E-state index in [1.54, 1.807) is 24.3 Å². The average Bonchev–Trinajstić information content (AvgIpc) is 3.19. The van der Waals surface area contributed by atoms with Crippen LogP contribution in [0.3, 0.4) is 0 Å². The first-order valence-electron chi connectivity index (χ1n) is 13.0. The molecule has 0 unspecified atom stereocenters. The Balaban J connectivity index is 1.38. The molecule has 0 saturated carbocycles. The number of benzene rings is 4. The zero-order chi connectivity index (χ0) is 28.1. The van der Waals surface area contributed by atoms with E-state index in [9.17, 15) is 14.4 Å². The van der Waals surface area contributed by atoms with Crippen molar-refractivity contribution in [2.75, 3.05) is 15.5 Å². The van der Waals surface area contributed by atoms with E-state index >= 15 is 0 Å². The number of imide groups is 1. The molecule has 0 radical (unpaired) electrons. The summed E-state index contributed by atoms with van der Waals surface area (Å²) >= 11 is 1.20. The lowest BCUT2D eigenvalue weighted by atomic mass is 10.1. The van der Waals surface area contributed by atoms with E-state index in [1.165, 1.54) is 16.7 Å². The van der Waals surface area contributed by atoms with Crippen molar-refractivity contribution in [3.05, 3.63) is 130 Å². The quantitative estimate of drug-likeness (QED) is 0.224. The molecule has 0 bridgehead atoms. The number of nitrogens with zero attached hydrogens (tertiary/aromatic N) is 1. The van der Waals surface area contributed by atoms with Crippen LogP contribution in [0.4, 0.5) is 17.1 Å². The third kappa shape index (κ3) is 6.16. The van der Waals surface area contributed by atoms with Crippen molar-refractivity contribution >= 4 is 46.5 Å². The van der Waals surface area contributed by atoms with Crippen LogP contribution in [-0.2, 0) is 20.8 Å². The Hall–Kier alpha value is -4.62. The maximum absolute atomic E-state index is 13.6. The standard InChI is InChI=1S/C33H29N3O3S/c1-22-16-18-26(20-23(22)2)35-30-31(33(39)36(32(30)38)27-13-7-4-8-14-27)40-28-15-9-12-25(21-28)34-29(37)19-17-24-10-5-3-6-11-24/h3-16,18,20-21,35H,17,19H2,1-2H3,(H,34,37). The van der Waals surface area contributed by atoms with Crippen LogP contribution in [0.2, 0.25) is 0 Å². The summed E-state index contributed by atoms with van der Waals surface area (Å²) in [6, 6.07) is 31.9. The van der Waals surface area contributed by atoms with Gasteiger partial charge in [-0.1, -0.05) is 72.4 Å². The molecule has 40 heavy (non-hydrogen) atoms. The van der Waals surface area contributed by atoms with E-state index in [0.29, 0.717) is 29.1 Å². The van der Waals surface area contributed by atoms with Gasteiger partial charge in [-0.05, 0) is 79.4 Å². The molecule has 1 heterocycles. The van der Waals surface area contributed by atoms with Gasteiger partial charge in [-0.2, -0.15) is 0 Å². The van der Waals surface area contributed by atoms with Crippen molar-refractivity contribution in [1.82, 2.24) is 0 Å². The summed E-state index contributed by atoms with van der Waals surface area (Å²) in [6.45, 7) is 4.02. The minimum atomic E-state index is -0.415. The molecule has 0 fully saturated rings. The smallest absolute Gasteiger partial charge is 0.283 e. The van der Waals surface area contributed by atoms with Gasteiger partial charge in [0.05, 0.1) is 5.69 Å². The van der Waals surface area contributed by atoms with Gasteiger partial charge in [0.15, 0.2) is 0 Å². The summed E-state index contributed by atoms with van der Waals surface area (Å²) in [7, 11) is 0. The minimum absolute atomic E-state index is 0.0929. The molecule has 4 aromatic rings. The van der Waals surface area contributed by atoms with Crippen LogP contribution in [0.25, 0.3) is 0 Å². The van der Waals surface area contributed by atoms with Crippen LogP contribution in [0.15, 0.2) is 119 Å². The number of aryl methyl sites for hydroxylation is 3. The Morgan fingerprint density at radius 1 is 0.750 bits per heavy atom. The van der Waals surface area contributed by atoms with E-state index in [2.05, 4.69) is 10.6 Å². The summed E-state index contributed by atoms with van der Waals surface area (Å²) < 4.78 is 0. The fourth-order valence-electron chi connectivity index (χ4n) is 4.37. The monoisotopic (exact) mass is 547 g/mol. The lowest BCUT2D eigenvalue weighted by Crippen LogP contribution is -2.32. The molecule has 5 rings (SSSR count). The molecule has 0 aromatic heterocycles. The Labute approximate surface area is 238 Å². The second-order valence-corrected chi connectivity index (χ2v) is 10.7. The third-order valence-electron chi connectivity index (χ3n) is 6.65. The molecule has 7 heteroatoms. The number of amides is 3. The number of carbonyl (C=O) groups excluding carboxylic acids is 3. The van der Waals surface area contributed by atoms with Gasteiger partial charge in [0, 0.05) is 22.7 Å². The fraction of sp³-hybridized carbons (Fsp3) is 0.121. The highest BCUT2D eigenvalue weighted by atomic mass is 32.2.